The van der Waals surface area contributed by atoms with E-state index in [0.717, 1.165) is 24.2 Å². The third-order valence-corrected chi connectivity index (χ3v) is 4.53. The van der Waals surface area contributed by atoms with Crippen LogP contribution >= 0.6 is 0 Å². The van der Waals surface area contributed by atoms with E-state index in [4.69, 9.17) is 10.5 Å². The van der Waals surface area contributed by atoms with Crippen molar-refractivity contribution in [2.45, 2.75) is 38.1 Å². The van der Waals surface area contributed by atoms with Crippen LogP contribution in [0.3, 0.4) is 0 Å². The minimum absolute atomic E-state index is 0.0880. The Morgan fingerprint density at radius 2 is 1.81 bits per heavy atom. The molecule has 0 saturated carbocycles. The number of hydrogen-bond acceptors (Lipinski definition) is 3. The van der Waals surface area contributed by atoms with Gasteiger partial charge in [-0.05, 0) is 30.0 Å². The van der Waals surface area contributed by atoms with Crippen LogP contribution in [0.25, 0.3) is 0 Å². The van der Waals surface area contributed by atoms with Crippen LogP contribution in [0, 0.1) is 0 Å². The highest BCUT2D eigenvalue weighted by molar-refractivity contribution is 5.34. The summed E-state index contributed by atoms with van der Waals surface area (Å²) in [5.74, 6) is 0.747. The van der Waals surface area contributed by atoms with E-state index in [1.807, 2.05) is 18.3 Å². The molecular weight excluding hydrogens is 260 g/mol. The van der Waals surface area contributed by atoms with Gasteiger partial charge in [-0.1, -0.05) is 44.2 Å². The predicted octanol–water partition coefficient (Wildman–Crippen LogP) is 3.85. The Balaban J connectivity index is 2.46. The quantitative estimate of drug-likeness (QED) is 0.876. The Bertz CT molecular complexity index is 564. The normalized spacial score (nSPS) is 13.0. The fourth-order valence-electron chi connectivity index (χ4n) is 3.08. The van der Waals surface area contributed by atoms with Crippen molar-refractivity contribution >= 4 is 0 Å². The number of nitrogens with zero attached hydrogens (tertiary/aromatic N) is 1. The molecule has 0 radical (unpaired) electrons. The van der Waals surface area contributed by atoms with Gasteiger partial charge in [0.05, 0.1) is 13.3 Å². The molecule has 3 nitrogen and oxygen atoms in total. The fourth-order valence-corrected chi connectivity index (χ4v) is 3.08. The summed E-state index contributed by atoms with van der Waals surface area (Å²) in [6, 6.07) is 12.4. The fraction of sp³-hybridized carbons (Fsp3) is 0.389. The maximum Gasteiger partial charge on any atom is 0.137 e. The second kappa shape index (κ2) is 6.72. The maximum absolute atomic E-state index is 6.66. The van der Waals surface area contributed by atoms with E-state index in [2.05, 4.69) is 43.1 Å². The molecule has 0 aliphatic heterocycles. The van der Waals surface area contributed by atoms with Crippen molar-refractivity contribution in [2.75, 3.05) is 7.11 Å². The van der Waals surface area contributed by atoms with Crippen LogP contribution in [-0.4, -0.2) is 12.1 Å². The first-order chi connectivity index (χ1) is 10.2. The Hall–Kier alpha value is -1.87. The second-order valence-corrected chi connectivity index (χ2v) is 5.37. The molecule has 21 heavy (non-hydrogen) atoms. The van der Waals surface area contributed by atoms with Gasteiger partial charge in [-0.3, -0.25) is 4.98 Å². The van der Waals surface area contributed by atoms with E-state index in [0.29, 0.717) is 0 Å². The van der Waals surface area contributed by atoms with Crippen LogP contribution in [0.15, 0.2) is 48.8 Å². The number of rotatable bonds is 6. The van der Waals surface area contributed by atoms with Gasteiger partial charge in [0.15, 0.2) is 0 Å². The van der Waals surface area contributed by atoms with Gasteiger partial charge in [0, 0.05) is 17.7 Å². The van der Waals surface area contributed by atoms with Crippen LogP contribution in [0.1, 0.15) is 43.9 Å². The zero-order chi connectivity index (χ0) is 15.3. The summed E-state index contributed by atoms with van der Waals surface area (Å²) in [5, 5.41) is 0. The first kappa shape index (κ1) is 15.5. The molecule has 0 bridgehead atoms. The summed E-state index contributed by atoms with van der Waals surface area (Å²) in [5.41, 5.74) is 8.87. The number of benzene rings is 1. The maximum atomic E-state index is 6.66. The molecular formula is C18H24N2O. The standard InChI is InChI=1S/C18H24N2O/c1-4-18(5-2,15-9-7-6-8-10-15)17(19)14-11-16(21-3)13-20-12-14/h6-13,17H,4-5,19H2,1-3H3. The summed E-state index contributed by atoms with van der Waals surface area (Å²) in [7, 11) is 1.65. The Kier molecular flexibility index (Phi) is 4.97. The van der Waals surface area contributed by atoms with Crippen LogP contribution in [0.4, 0.5) is 0 Å². The van der Waals surface area contributed by atoms with Gasteiger partial charge in [-0.2, -0.15) is 0 Å². The highest BCUT2D eigenvalue weighted by atomic mass is 16.5. The summed E-state index contributed by atoms with van der Waals surface area (Å²) >= 11 is 0. The minimum atomic E-state index is -0.113. The third kappa shape index (κ3) is 2.93. The number of aromatic nitrogens is 1. The molecule has 112 valence electrons. The Labute approximate surface area is 127 Å². The van der Waals surface area contributed by atoms with Crippen LogP contribution < -0.4 is 10.5 Å². The van der Waals surface area contributed by atoms with Gasteiger partial charge in [-0.25, -0.2) is 0 Å². The molecule has 1 aromatic heterocycles. The molecule has 0 fully saturated rings. The van der Waals surface area contributed by atoms with Crippen molar-refractivity contribution in [2.24, 2.45) is 5.73 Å². The Morgan fingerprint density at radius 3 is 2.38 bits per heavy atom. The van der Waals surface area contributed by atoms with Crippen molar-refractivity contribution in [3.63, 3.8) is 0 Å². The highest BCUT2D eigenvalue weighted by Crippen LogP contribution is 2.41. The zero-order valence-corrected chi connectivity index (χ0v) is 13.0. The van der Waals surface area contributed by atoms with Gasteiger partial charge in [0.25, 0.3) is 0 Å². The lowest BCUT2D eigenvalue weighted by molar-refractivity contribution is 0.320. The summed E-state index contributed by atoms with van der Waals surface area (Å²) in [6.07, 6.45) is 5.51. The highest BCUT2D eigenvalue weighted by Gasteiger charge is 2.36. The van der Waals surface area contributed by atoms with Gasteiger partial charge in [0.1, 0.15) is 5.75 Å². The monoisotopic (exact) mass is 284 g/mol. The average Bonchev–Trinajstić information content (AvgIpc) is 2.57. The third-order valence-electron chi connectivity index (χ3n) is 4.53. The first-order valence-electron chi connectivity index (χ1n) is 7.48. The molecule has 2 rings (SSSR count). The smallest absolute Gasteiger partial charge is 0.137 e. The molecule has 0 saturated heterocycles. The van der Waals surface area contributed by atoms with E-state index >= 15 is 0 Å². The topological polar surface area (TPSA) is 48.1 Å². The largest absolute Gasteiger partial charge is 0.495 e. The molecule has 3 heteroatoms. The Morgan fingerprint density at radius 1 is 1.14 bits per heavy atom. The molecule has 0 amide bonds. The lowest BCUT2D eigenvalue weighted by atomic mass is 9.68. The number of pyridine rings is 1. The van der Waals surface area contributed by atoms with Gasteiger partial charge < -0.3 is 10.5 Å². The van der Waals surface area contributed by atoms with Crippen molar-refractivity contribution in [1.82, 2.24) is 4.98 Å². The molecule has 0 aliphatic rings. The van der Waals surface area contributed by atoms with Crippen LogP contribution in [0.5, 0.6) is 5.75 Å². The predicted molar refractivity (Wildman–Crippen MR) is 86.4 cm³/mol. The second-order valence-electron chi connectivity index (χ2n) is 5.37. The zero-order valence-electron chi connectivity index (χ0n) is 13.0. The van der Waals surface area contributed by atoms with E-state index < -0.39 is 0 Å². The lowest BCUT2D eigenvalue weighted by Crippen LogP contribution is -2.38. The molecule has 1 atom stereocenters. The number of ether oxygens (including phenoxy) is 1. The molecule has 0 spiro atoms. The van der Waals surface area contributed by atoms with Crippen molar-refractivity contribution in [3.8, 4) is 5.75 Å². The first-order valence-corrected chi connectivity index (χ1v) is 7.48. The molecule has 1 aromatic carbocycles. The summed E-state index contributed by atoms with van der Waals surface area (Å²) in [6.45, 7) is 4.40. The van der Waals surface area contributed by atoms with Crippen molar-refractivity contribution < 1.29 is 4.74 Å². The minimum Gasteiger partial charge on any atom is -0.495 e. The van der Waals surface area contributed by atoms with Crippen molar-refractivity contribution in [3.05, 3.63) is 59.9 Å². The number of methoxy groups -OCH3 is 1. The van der Waals surface area contributed by atoms with E-state index in [1.54, 1.807) is 13.3 Å². The number of hydrogen-bond donors (Lipinski definition) is 1. The van der Waals surface area contributed by atoms with E-state index in [9.17, 15) is 0 Å². The molecule has 1 unspecified atom stereocenters. The number of nitrogens with two attached hydrogens (primary N) is 1. The summed E-state index contributed by atoms with van der Waals surface area (Å²) < 4.78 is 5.27. The van der Waals surface area contributed by atoms with Crippen LogP contribution in [0.2, 0.25) is 0 Å². The van der Waals surface area contributed by atoms with Crippen LogP contribution in [-0.2, 0) is 5.41 Å². The molecule has 1 heterocycles. The van der Waals surface area contributed by atoms with E-state index in [1.165, 1.54) is 5.56 Å². The summed E-state index contributed by atoms with van der Waals surface area (Å²) in [4.78, 5) is 4.25. The average molecular weight is 284 g/mol. The van der Waals surface area contributed by atoms with Crippen molar-refractivity contribution in [1.29, 1.82) is 0 Å². The van der Waals surface area contributed by atoms with Gasteiger partial charge >= 0.3 is 0 Å². The van der Waals surface area contributed by atoms with E-state index in [-0.39, 0.29) is 11.5 Å². The molecule has 0 aliphatic carbocycles. The van der Waals surface area contributed by atoms with Gasteiger partial charge in [0.2, 0.25) is 0 Å². The SMILES string of the molecule is CCC(CC)(c1ccccc1)C(N)c1cncc(OC)c1. The lowest BCUT2D eigenvalue weighted by Gasteiger charge is -2.38. The van der Waals surface area contributed by atoms with Gasteiger partial charge in [-0.15, -0.1) is 0 Å². The molecule has 2 N–H and O–H groups in total. The molecule has 2 aromatic rings.